The average Bonchev–Trinajstić information content (AvgIpc) is 2.23. The first-order valence-corrected chi connectivity index (χ1v) is 5.30. The van der Waals surface area contributed by atoms with Crippen LogP contribution in [0.4, 0.5) is 0 Å². The van der Waals surface area contributed by atoms with Gasteiger partial charge in [0.05, 0.1) is 0 Å². The molecule has 1 rings (SSSR count). The van der Waals surface area contributed by atoms with E-state index in [1.807, 2.05) is 0 Å². The van der Waals surface area contributed by atoms with Crippen molar-refractivity contribution in [3.8, 4) is 5.75 Å². The highest BCUT2D eigenvalue weighted by atomic mass is 16.5. The first-order chi connectivity index (χ1) is 7.16. The van der Waals surface area contributed by atoms with Gasteiger partial charge in [-0.25, -0.2) is 0 Å². The molecule has 1 heterocycles. The van der Waals surface area contributed by atoms with E-state index in [1.165, 1.54) is 6.07 Å². The molecule has 4 heteroatoms. The first kappa shape index (κ1) is 11.6. The standard InChI is InChI=1S/C11H17NO3/c1-2-3-4-5-6-9-10(13)7-8-11(14)12(9)15/h7-8,13,15H,2-6H2,1H3. The van der Waals surface area contributed by atoms with Crippen molar-refractivity contribution in [2.75, 3.05) is 0 Å². The summed E-state index contributed by atoms with van der Waals surface area (Å²) in [5, 5.41) is 18.8. The largest absolute Gasteiger partial charge is 0.506 e. The lowest BCUT2D eigenvalue weighted by atomic mass is 10.1. The van der Waals surface area contributed by atoms with Crippen molar-refractivity contribution in [3.05, 3.63) is 28.2 Å². The molecule has 0 saturated heterocycles. The number of hydrogen-bond donors (Lipinski definition) is 2. The highest BCUT2D eigenvalue weighted by Crippen LogP contribution is 2.16. The lowest BCUT2D eigenvalue weighted by Gasteiger charge is -2.07. The van der Waals surface area contributed by atoms with Gasteiger partial charge in [-0.05, 0) is 18.9 Å². The number of unbranched alkanes of at least 4 members (excludes halogenated alkanes) is 3. The average molecular weight is 211 g/mol. The molecule has 0 aromatic carbocycles. The zero-order chi connectivity index (χ0) is 11.3. The molecule has 0 aliphatic carbocycles. The molecule has 4 nitrogen and oxygen atoms in total. The van der Waals surface area contributed by atoms with Crippen LogP contribution in [0.1, 0.15) is 38.3 Å². The minimum absolute atomic E-state index is 0.0198. The number of nitrogens with zero attached hydrogens (tertiary/aromatic N) is 1. The van der Waals surface area contributed by atoms with Crippen molar-refractivity contribution in [1.82, 2.24) is 4.73 Å². The number of rotatable bonds is 5. The van der Waals surface area contributed by atoms with Gasteiger partial charge in [0.25, 0.3) is 5.56 Å². The normalized spacial score (nSPS) is 10.5. The van der Waals surface area contributed by atoms with Crippen molar-refractivity contribution in [2.24, 2.45) is 0 Å². The third-order valence-corrected chi connectivity index (χ3v) is 2.41. The molecule has 0 bridgehead atoms. The third-order valence-electron chi connectivity index (χ3n) is 2.41. The van der Waals surface area contributed by atoms with E-state index in [1.54, 1.807) is 0 Å². The summed E-state index contributed by atoms with van der Waals surface area (Å²) < 4.78 is 0.529. The maximum absolute atomic E-state index is 11.1. The van der Waals surface area contributed by atoms with Crippen LogP contribution in [-0.2, 0) is 6.42 Å². The van der Waals surface area contributed by atoms with Gasteiger partial charge in [0, 0.05) is 6.07 Å². The predicted octanol–water partition coefficient (Wildman–Crippen LogP) is 1.91. The Morgan fingerprint density at radius 1 is 1.27 bits per heavy atom. The Morgan fingerprint density at radius 3 is 2.67 bits per heavy atom. The smallest absolute Gasteiger partial charge is 0.283 e. The van der Waals surface area contributed by atoms with Crippen molar-refractivity contribution < 1.29 is 10.3 Å². The van der Waals surface area contributed by atoms with Crippen molar-refractivity contribution >= 4 is 0 Å². The summed E-state index contributed by atoms with van der Waals surface area (Å²) in [7, 11) is 0. The van der Waals surface area contributed by atoms with E-state index < -0.39 is 5.56 Å². The second-order valence-electron chi connectivity index (χ2n) is 3.63. The van der Waals surface area contributed by atoms with E-state index >= 15 is 0 Å². The maximum Gasteiger partial charge on any atom is 0.283 e. The van der Waals surface area contributed by atoms with Crippen LogP contribution in [0.25, 0.3) is 0 Å². The summed E-state index contributed by atoms with van der Waals surface area (Å²) in [6, 6.07) is 2.47. The molecular formula is C11H17NO3. The molecule has 0 spiro atoms. The van der Waals surface area contributed by atoms with Crippen molar-refractivity contribution in [3.63, 3.8) is 0 Å². The van der Waals surface area contributed by atoms with Gasteiger partial charge in [-0.3, -0.25) is 4.79 Å². The molecule has 0 saturated carbocycles. The van der Waals surface area contributed by atoms with Crippen molar-refractivity contribution in [2.45, 2.75) is 39.0 Å². The Morgan fingerprint density at radius 2 is 2.00 bits per heavy atom. The highest BCUT2D eigenvalue weighted by Gasteiger charge is 2.07. The molecule has 0 aliphatic rings. The van der Waals surface area contributed by atoms with E-state index in [9.17, 15) is 15.1 Å². The fraction of sp³-hybridized carbons (Fsp3) is 0.545. The van der Waals surface area contributed by atoms with Gasteiger partial charge < -0.3 is 10.3 Å². The zero-order valence-corrected chi connectivity index (χ0v) is 8.94. The maximum atomic E-state index is 11.1. The summed E-state index contributed by atoms with van der Waals surface area (Å²) in [5.41, 5.74) is -0.197. The van der Waals surface area contributed by atoms with E-state index in [4.69, 9.17) is 0 Å². The molecular weight excluding hydrogens is 194 g/mol. The Hall–Kier alpha value is -1.45. The lowest BCUT2D eigenvalue weighted by molar-refractivity contribution is 0.160. The fourth-order valence-corrected chi connectivity index (χ4v) is 1.51. The quantitative estimate of drug-likeness (QED) is 0.577. The van der Waals surface area contributed by atoms with Crippen LogP contribution in [-0.4, -0.2) is 15.0 Å². The second-order valence-corrected chi connectivity index (χ2v) is 3.63. The van der Waals surface area contributed by atoms with Gasteiger partial charge in [-0.2, -0.15) is 0 Å². The van der Waals surface area contributed by atoms with Crippen LogP contribution in [0.15, 0.2) is 16.9 Å². The molecule has 1 aromatic heterocycles. The van der Waals surface area contributed by atoms with Crippen LogP contribution >= 0.6 is 0 Å². The number of hydrogen-bond acceptors (Lipinski definition) is 3. The molecule has 0 atom stereocenters. The third kappa shape index (κ3) is 3.01. The Bertz CT molecular complexity index is 371. The molecule has 0 unspecified atom stereocenters. The van der Waals surface area contributed by atoms with Gasteiger partial charge in [0.2, 0.25) is 0 Å². The van der Waals surface area contributed by atoms with E-state index in [0.29, 0.717) is 16.8 Å². The Labute approximate surface area is 88.8 Å². The van der Waals surface area contributed by atoms with Gasteiger partial charge in [-0.1, -0.05) is 26.2 Å². The van der Waals surface area contributed by atoms with Crippen LogP contribution in [0, 0.1) is 0 Å². The molecule has 0 aliphatic heterocycles. The SMILES string of the molecule is CCCCCCc1c(O)ccc(=O)n1O. The first-order valence-electron chi connectivity index (χ1n) is 5.30. The summed E-state index contributed by atoms with van der Waals surface area (Å²) in [5.74, 6) is -0.0198. The van der Waals surface area contributed by atoms with E-state index in [-0.39, 0.29) is 5.75 Å². The number of aromatic nitrogens is 1. The predicted molar refractivity (Wildman–Crippen MR) is 57.4 cm³/mol. The van der Waals surface area contributed by atoms with Crippen LogP contribution in [0.2, 0.25) is 0 Å². The molecule has 0 fully saturated rings. The highest BCUT2D eigenvalue weighted by molar-refractivity contribution is 5.25. The summed E-state index contributed by atoms with van der Waals surface area (Å²) >= 11 is 0. The van der Waals surface area contributed by atoms with Gasteiger partial charge in [0.1, 0.15) is 11.4 Å². The zero-order valence-electron chi connectivity index (χ0n) is 8.94. The van der Waals surface area contributed by atoms with E-state index in [0.717, 1.165) is 31.7 Å². The molecule has 2 N–H and O–H groups in total. The minimum Gasteiger partial charge on any atom is -0.506 e. The molecule has 0 radical (unpaired) electrons. The minimum atomic E-state index is -0.502. The molecule has 0 amide bonds. The molecule has 1 aromatic rings. The number of aromatic hydroxyl groups is 1. The summed E-state index contributed by atoms with van der Waals surface area (Å²) in [6.07, 6.45) is 4.69. The van der Waals surface area contributed by atoms with Gasteiger partial charge >= 0.3 is 0 Å². The summed E-state index contributed by atoms with van der Waals surface area (Å²) in [4.78, 5) is 11.1. The van der Waals surface area contributed by atoms with Crippen LogP contribution < -0.4 is 5.56 Å². The van der Waals surface area contributed by atoms with Gasteiger partial charge in [0.15, 0.2) is 0 Å². The monoisotopic (exact) mass is 211 g/mol. The molecule has 84 valence electrons. The van der Waals surface area contributed by atoms with Crippen molar-refractivity contribution in [1.29, 1.82) is 0 Å². The lowest BCUT2D eigenvalue weighted by Crippen LogP contribution is -2.20. The topological polar surface area (TPSA) is 62.5 Å². The Kier molecular flexibility index (Phi) is 4.21. The fourth-order valence-electron chi connectivity index (χ4n) is 1.51. The number of pyridine rings is 1. The summed E-state index contributed by atoms with van der Waals surface area (Å²) in [6.45, 7) is 2.11. The van der Waals surface area contributed by atoms with Crippen LogP contribution in [0.3, 0.4) is 0 Å². The Balaban J connectivity index is 2.67. The van der Waals surface area contributed by atoms with Gasteiger partial charge in [-0.15, -0.1) is 4.73 Å². The van der Waals surface area contributed by atoms with Crippen LogP contribution in [0.5, 0.6) is 5.75 Å². The molecule has 15 heavy (non-hydrogen) atoms. The van der Waals surface area contributed by atoms with E-state index in [2.05, 4.69) is 6.92 Å². The second kappa shape index (κ2) is 5.44.